The third kappa shape index (κ3) is 4.80. The Labute approximate surface area is 109 Å². The Bertz CT molecular complexity index is 345. The first-order valence-electron chi connectivity index (χ1n) is 5.90. The lowest BCUT2D eigenvalue weighted by Crippen LogP contribution is -2.39. The number of nitrogens with one attached hydrogen (secondary N) is 1. The van der Waals surface area contributed by atoms with E-state index >= 15 is 0 Å². The Morgan fingerprint density at radius 3 is 2.24 bits per heavy atom. The molecule has 0 spiro atoms. The van der Waals surface area contributed by atoms with E-state index in [-0.39, 0.29) is 6.04 Å². The molecule has 0 saturated carbocycles. The molecule has 0 radical (unpaired) electrons. The molecule has 1 aromatic rings. The van der Waals surface area contributed by atoms with Gasteiger partial charge in [-0.2, -0.15) is 0 Å². The number of hydrogen-bond donors (Lipinski definition) is 1. The average Bonchev–Trinajstić information content (AvgIpc) is 2.34. The largest absolute Gasteiger partial charge is 0.307 e. The molecule has 1 nitrogen and oxygen atoms in total. The molecular formula is C15H21NS. The van der Waals surface area contributed by atoms with Crippen LogP contribution in [-0.4, -0.2) is 17.3 Å². The first-order chi connectivity index (χ1) is 8.17. The Kier molecular flexibility index (Phi) is 6.09. The molecular weight excluding hydrogens is 226 g/mol. The molecule has 0 aliphatic carbocycles. The van der Waals surface area contributed by atoms with Crippen molar-refractivity contribution in [2.75, 3.05) is 0 Å². The van der Waals surface area contributed by atoms with Crippen molar-refractivity contribution in [2.24, 2.45) is 0 Å². The molecule has 0 heterocycles. The van der Waals surface area contributed by atoms with Gasteiger partial charge in [-0.3, -0.25) is 0 Å². The average molecular weight is 247 g/mol. The van der Waals surface area contributed by atoms with Crippen LogP contribution in [0.25, 0.3) is 0 Å². The molecule has 0 aliphatic heterocycles. The first kappa shape index (κ1) is 14.1. The van der Waals surface area contributed by atoms with Crippen molar-refractivity contribution in [1.82, 2.24) is 5.32 Å². The van der Waals surface area contributed by atoms with Crippen molar-refractivity contribution in [3.63, 3.8) is 0 Å². The molecule has 0 fully saturated rings. The highest BCUT2D eigenvalue weighted by Crippen LogP contribution is 2.26. The monoisotopic (exact) mass is 247 g/mol. The summed E-state index contributed by atoms with van der Waals surface area (Å²) in [6.07, 6.45) is 3.95. The molecule has 2 unspecified atom stereocenters. The Balaban J connectivity index is 2.69. The molecule has 0 amide bonds. The second-order valence-electron chi connectivity index (χ2n) is 4.21. The van der Waals surface area contributed by atoms with Crippen LogP contribution in [0.2, 0.25) is 0 Å². The molecule has 0 aromatic heterocycles. The summed E-state index contributed by atoms with van der Waals surface area (Å²) in [7, 11) is 0. The molecule has 0 bridgehead atoms. The van der Waals surface area contributed by atoms with Gasteiger partial charge in [0.2, 0.25) is 0 Å². The van der Waals surface area contributed by atoms with Gasteiger partial charge in [0.1, 0.15) is 0 Å². The van der Waals surface area contributed by atoms with Crippen molar-refractivity contribution in [3.05, 3.63) is 55.6 Å². The smallest absolute Gasteiger partial charge is 0.0461 e. The van der Waals surface area contributed by atoms with Crippen LogP contribution in [0.4, 0.5) is 0 Å². The molecule has 2 atom stereocenters. The van der Waals surface area contributed by atoms with Crippen LogP contribution in [-0.2, 0) is 0 Å². The van der Waals surface area contributed by atoms with E-state index in [9.17, 15) is 0 Å². The van der Waals surface area contributed by atoms with Gasteiger partial charge in [0, 0.05) is 22.2 Å². The molecule has 1 aromatic carbocycles. The summed E-state index contributed by atoms with van der Waals surface area (Å²) in [5, 5.41) is 3.79. The fraction of sp³-hybridized carbons (Fsp3) is 0.333. The lowest BCUT2D eigenvalue weighted by molar-refractivity contribution is 0.532. The van der Waals surface area contributed by atoms with Gasteiger partial charge in [-0.05, 0) is 12.1 Å². The van der Waals surface area contributed by atoms with E-state index < -0.39 is 0 Å². The predicted molar refractivity (Wildman–Crippen MR) is 78.5 cm³/mol. The van der Waals surface area contributed by atoms with Crippen LogP contribution in [0.5, 0.6) is 0 Å². The SMILES string of the molecule is C=CC(NC(C)C)C(C=C)Sc1ccccc1. The van der Waals surface area contributed by atoms with Crippen molar-refractivity contribution in [3.8, 4) is 0 Å². The zero-order valence-electron chi connectivity index (χ0n) is 10.6. The van der Waals surface area contributed by atoms with Gasteiger partial charge in [-0.15, -0.1) is 24.9 Å². The lowest BCUT2D eigenvalue weighted by Gasteiger charge is -2.24. The third-order valence-corrected chi connectivity index (χ3v) is 3.68. The van der Waals surface area contributed by atoms with E-state index in [1.54, 1.807) is 0 Å². The van der Waals surface area contributed by atoms with E-state index in [0.29, 0.717) is 11.3 Å². The number of thioether (sulfide) groups is 1. The quantitative estimate of drug-likeness (QED) is 0.579. The lowest BCUT2D eigenvalue weighted by atomic mass is 10.2. The third-order valence-electron chi connectivity index (χ3n) is 2.38. The van der Waals surface area contributed by atoms with Gasteiger partial charge in [0.25, 0.3) is 0 Å². The van der Waals surface area contributed by atoms with E-state index in [4.69, 9.17) is 0 Å². The Hall–Kier alpha value is -0.990. The van der Waals surface area contributed by atoms with Crippen molar-refractivity contribution < 1.29 is 0 Å². The summed E-state index contributed by atoms with van der Waals surface area (Å²) >= 11 is 1.81. The summed E-state index contributed by atoms with van der Waals surface area (Å²) in [6, 6.07) is 11.1. The Morgan fingerprint density at radius 1 is 1.12 bits per heavy atom. The van der Waals surface area contributed by atoms with Crippen LogP contribution in [0.1, 0.15) is 13.8 Å². The van der Waals surface area contributed by atoms with Crippen LogP contribution < -0.4 is 5.32 Å². The highest BCUT2D eigenvalue weighted by Gasteiger charge is 2.17. The van der Waals surface area contributed by atoms with Crippen molar-refractivity contribution in [1.29, 1.82) is 0 Å². The van der Waals surface area contributed by atoms with Gasteiger partial charge < -0.3 is 5.32 Å². The summed E-state index contributed by atoms with van der Waals surface area (Å²) in [6.45, 7) is 12.1. The molecule has 0 saturated heterocycles. The minimum atomic E-state index is 0.248. The van der Waals surface area contributed by atoms with Crippen molar-refractivity contribution >= 4 is 11.8 Å². The molecule has 92 valence electrons. The van der Waals surface area contributed by atoms with E-state index in [1.165, 1.54) is 4.90 Å². The fourth-order valence-electron chi connectivity index (χ4n) is 1.61. The maximum atomic E-state index is 3.92. The van der Waals surface area contributed by atoms with Gasteiger partial charge in [0.05, 0.1) is 0 Å². The zero-order valence-corrected chi connectivity index (χ0v) is 11.4. The molecule has 17 heavy (non-hydrogen) atoms. The first-order valence-corrected chi connectivity index (χ1v) is 6.78. The topological polar surface area (TPSA) is 12.0 Å². The normalized spacial score (nSPS) is 14.3. The maximum Gasteiger partial charge on any atom is 0.0461 e. The highest BCUT2D eigenvalue weighted by molar-refractivity contribution is 8.00. The van der Waals surface area contributed by atoms with Gasteiger partial charge in [-0.1, -0.05) is 44.2 Å². The second kappa shape index (κ2) is 7.36. The summed E-state index contributed by atoms with van der Waals surface area (Å²) in [5.74, 6) is 0. The molecule has 1 rings (SSSR count). The standard InChI is InChI=1S/C15H21NS/c1-5-14(16-12(3)4)15(6-2)17-13-10-8-7-9-11-13/h5-12,14-16H,1-2H2,3-4H3. The molecule has 0 aliphatic rings. The molecule has 1 N–H and O–H groups in total. The van der Waals surface area contributed by atoms with Gasteiger partial charge in [-0.25, -0.2) is 0 Å². The van der Waals surface area contributed by atoms with Crippen LogP contribution >= 0.6 is 11.8 Å². The maximum absolute atomic E-state index is 3.92. The predicted octanol–water partition coefficient (Wildman–Crippen LogP) is 3.89. The van der Waals surface area contributed by atoms with E-state index in [0.717, 1.165) is 0 Å². The van der Waals surface area contributed by atoms with Crippen molar-refractivity contribution in [2.45, 2.75) is 36.1 Å². The summed E-state index contributed by atoms with van der Waals surface area (Å²) in [4.78, 5) is 1.26. The number of rotatable bonds is 7. The highest BCUT2D eigenvalue weighted by atomic mass is 32.2. The van der Waals surface area contributed by atoms with Gasteiger partial charge >= 0.3 is 0 Å². The minimum Gasteiger partial charge on any atom is -0.307 e. The van der Waals surface area contributed by atoms with Gasteiger partial charge in [0.15, 0.2) is 0 Å². The molecule has 2 heteroatoms. The van der Waals surface area contributed by atoms with E-state index in [2.05, 4.69) is 56.6 Å². The number of benzene rings is 1. The van der Waals surface area contributed by atoms with Crippen LogP contribution in [0, 0.1) is 0 Å². The van der Waals surface area contributed by atoms with Crippen LogP contribution in [0.3, 0.4) is 0 Å². The Morgan fingerprint density at radius 2 is 1.76 bits per heavy atom. The van der Waals surface area contributed by atoms with E-state index in [1.807, 2.05) is 30.0 Å². The minimum absolute atomic E-state index is 0.248. The number of hydrogen-bond acceptors (Lipinski definition) is 2. The summed E-state index contributed by atoms with van der Waals surface area (Å²) < 4.78 is 0. The summed E-state index contributed by atoms with van der Waals surface area (Å²) in [5.41, 5.74) is 0. The fourth-order valence-corrected chi connectivity index (χ4v) is 2.67. The second-order valence-corrected chi connectivity index (χ2v) is 5.47. The zero-order chi connectivity index (χ0) is 12.7. The van der Waals surface area contributed by atoms with Crippen LogP contribution in [0.15, 0.2) is 60.5 Å².